The summed E-state index contributed by atoms with van der Waals surface area (Å²) in [5, 5.41) is 5.85. The van der Waals surface area contributed by atoms with Crippen LogP contribution in [-0.2, 0) is 13.1 Å². The SMILES string of the molecule is Cc1c(C(=O)N(C)Cc2nsc(NC(=O)NCc3cccc(F)c3)n2)sc2nc[nH]c(=O)c12. The lowest BCUT2D eigenvalue weighted by atomic mass is 10.2. The van der Waals surface area contributed by atoms with Gasteiger partial charge in [0.2, 0.25) is 5.13 Å². The van der Waals surface area contributed by atoms with Crippen molar-refractivity contribution in [3.05, 3.63) is 68.6 Å². The molecule has 3 N–H and O–H groups in total. The van der Waals surface area contributed by atoms with Gasteiger partial charge in [-0.2, -0.15) is 4.37 Å². The molecule has 4 rings (SSSR count). The number of hydrogen-bond acceptors (Lipinski definition) is 8. The molecule has 0 atom stereocenters. The first-order valence-electron chi connectivity index (χ1n) is 9.66. The average Bonchev–Trinajstić information content (AvgIpc) is 3.36. The zero-order valence-electron chi connectivity index (χ0n) is 17.5. The first kappa shape index (κ1) is 22.5. The highest BCUT2D eigenvalue weighted by Crippen LogP contribution is 2.27. The molecule has 0 radical (unpaired) electrons. The summed E-state index contributed by atoms with van der Waals surface area (Å²) in [5.41, 5.74) is 0.907. The fourth-order valence-corrected chi connectivity index (χ4v) is 4.80. The van der Waals surface area contributed by atoms with Crippen molar-refractivity contribution in [2.24, 2.45) is 0 Å². The molecule has 4 aromatic rings. The van der Waals surface area contributed by atoms with Gasteiger partial charge in [0.25, 0.3) is 11.5 Å². The highest BCUT2D eigenvalue weighted by atomic mass is 32.1. The summed E-state index contributed by atoms with van der Waals surface area (Å²) in [4.78, 5) is 50.2. The number of carbonyl (C=O) groups is 2. The number of H-pyrrole nitrogens is 1. The molecule has 10 nitrogen and oxygen atoms in total. The van der Waals surface area contributed by atoms with E-state index >= 15 is 0 Å². The Balaban J connectivity index is 1.36. The number of halogens is 1. The van der Waals surface area contributed by atoms with Gasteiger partial charge in [-0.25, -0.2) is 19.2 Å². The minimum absolute atomic E-state index is 0.111. The lowest BCUT2D eigenvalue weighted by Gasteiger charge is -2.14. The molecule has 3 aromatic heterocycles. The monoisotopic (exact) mass is 487 g/mol. The number of aromatic nitrogens is 4. The maximum Gasteiger partial charge on any atom is 0.321 e. The number of anilines is 1. The molecule has 3 amide bonds. The third-order valence-electron chi connectivity index (χ3n) is 4.68. The van der Waals surface area contributed by atoms with E-state index in [4.69, 9.17) is 0 Å². The number of thiophene rings is 1. The van der Waals surface area contributed by atoms with Crippen molar-refractivity contribution in [1.29, 1.82) is 0 Å². The Bertz CT molecular complexity index is 1400. The van der Waals surface area contributed by atoms with Crippen LogP contribution in [0.2, 0.25) is 0 Å². The summed E-state index contributed by atoms with van der Waals surface area (Å²) in [6.45, 7) is 1.97. The Morgan fingerprint density at radius 2 is 2.12 bits per heavy atom. The first-order chi connectivity index (χ1) is 15.8. The van der Waals surface area contributed by atoms with Crippen LogP contribution in [0.4, 0.5) is 14.3 Å². The number of hydrogen-bond donors (Lipinski definition) is 3. The number of nitrogens with zero attached hydrogens (tertiary/aromatic N) is 4. The average molecular weight is 488 g/mol. The van der Waals surface area contributed by atoms with Gasteiger partial charge in [0.1, 0.15) is 10.6 Å². The van der Waals surface area contributed by atoms with Gasteiger partial charge < -0.3 is 15.2 Å². The molecule has 3 heterocycles. The van der Waals surface area contributed by atoms with Crippen LogP contribution < -0.4 is 16.2 Å². The molecule has 0 unspecified atom stereocenters. The van der Waals surface area contributed by atoms with Crippen molar-refractivity contribution < 1.29 is 14.0 Å². The molecule has 13 heteroatoms. The Morgan fingerprint density at radius 3 is 2.88 bits per heavy atom. The Hall–Kier alpha value is -3.71. The first-order valence-corrected chi connectivity index (χ1v) is 11.2. The summed E-state index contributed by atoms with van der Waals surface area (Å²) in [6.07, 6.45) is 1.31. The van der Waals surface area contributed by atoms with Crippen LogP contribution in [0, 0.1) is 12.7 Å². The molecule has 0 aliphatic carbocycles. The Kier molecular flexibility index (Phi) is 6.42. The van der Waals surface area contributed by atoms with Gasteiger partial charge in [-0.15, -0.1) is 11.3 Å². The summed E-state index contributed by atoms with van der Waals surface area (Å²) in [5.74, 6) is -0.311. The molecule has 0 aliphatic rings. The number of urea groups is 1. The molecule has 170 valence electrons. The van der Waals surface area contributed by atoms with Crippen LogP contribution in [0.1, 0.15) is 26.6 Å². The van der Waals surface area contributed by atoms with E-state index in [-0.39, 0.29) is 35.5 Å². The van der Waals surface area contributed by atoms with Crippen molar-refractivity contribution in [2.45, 2.75) is 20.0 Å². The number of carbonyl (C=O) groups excluding carboxylic acids is 2. The van der Waals surface area contributed by atoms with E-state index in [1.807, 2.05) is 0 Å². The number of nitrogens with one attached hydrogen (secondary N) is 3. The fraction of sp³-hybridized carbons (Fsp3) is 0.200. The van der Waals surface area contributed by atoms with Crippen LogP contribution in [0.3, 0.4) is 0 Å². The predicted octanol–water partition coefficient (Wildman–Crippen LogP) is 2.88. The van der Waals surface area contributed by atoms with E-state index in [1.165, 1.54) is 23.4 Å². The molecule has 33 heavy (non-hydrogen) atoms. The molecule has 0 aliphatic heterocycles. The van der Waals surface area contributed by atoms with E-state index in [0.29, 0.717) is 32.0 Å². The Morgan fingerprint density at radius 1 is 1.30 bits per heavy atom. The number of benzene rings is 1. The maximum atomic E-state index is 13.2. The van der Waals surface area contributed by atoms with Gasteiger partial charge in [0.15, 0.2) is 5.82 Å². The molecule has 0 saturated heterocycles. The Labute approximate surface area is 194 Å². The highest BCUT2D eigenvalue weighted by Gasteiger charge is 2.22. The van der Waals surface area contributed by atoms with Gasteiger partial charge in [0.05, 0.1) is 23.1 Å². The number of fused-ring (bicyclic) bond motifs is 1. The number of aryl methyl sites for hydroxylation is 1. The van der Waals surface area contributed by atoms with Crippen LogP contribution in [0.25, 0.3) is 10.2 Å². The standard InChI is InChI=1S/C20H18FN7O3S2/c1-10-14-16(29)23-9-24-17(14)32-15(10)18(30)28(2)8-13-25-20(33-27-13)26-19(31)22-7-11-4-3-5-12(21)6-11/h3-6,9H,7-8H2,1-2H3,(H,23,24,29)(H2,22,25,26,27,31). The third-order valence-corrected chi connectivity index (χ3v) is 6.54. The fourth-order valence-electron chi connectivity index (χ4n) is 3.08. The van der Waals surface area contributed by atoms with Gasteiger partial charge in [-0.3, -0.25) is 14.9 Å². The maximum absolute atomic E-state index is 13.2. The summed E-state index contributed by atoms with van der Waals surface area (Å²) >= 11 is 2.13. The van der Waals surface area contributed by atoms with Crippen LogP contribution in [0.15, 0.2) is 35.4 Å². The predicted molar refractivity (Wildman–Crippen MR) is 123 cm³/mol. The lowest BCUT2D eigenvalue weighted by Crippen LogP contribution is -2.28. The van der Waals surface area contributed by atoms with Crippen LogP contribution >= 0.6 is 22.9 Å². The normalized spacial score (nSPS) is 10.9. The summed E-state index contributed by atoms with van der Waals surface area (Å²) < 4.78 is 17.4. The quantitative estimate of drug-likeness (QED) is 0.383. The topological polar surface area (TPSA) is 133 Å². The molecule has 1 aromatic carbocycles. The highest BCUT2D eigenvalue weighted by molar-refractivity contribution is 7.20. The molecule has 0 fully saturated rings. The molecular formula is C20H18FN7O3S2. The van der Waals surface area contributed by atoms with Crippen LogP contribution in [-0.4, -0.2) is 43.2 Å². The lowest BCUT2D eigenvalue weighted by molar-refractivity contribution is 0.0786. The molecular weight excluding hydrogens is 469 g/mol. The van der Waals surface area contributed by atoms with E-state index in [2.05, 4.69) is 30.0 Å². The van der Waals surface area contributed by atoms with Gasteiger partial charge in [-0.05, 0) is 30.2 Å². The zero-order chi connectivity index (χ0) is 23.5. The van der Waals surface area contributed by atoms with Gasteiger partial charge in [-0.1, -0.05) is 12.1 Å². The van der Waals surface area contributed by atoms with Gasteiger partial charge in [0, 0.05) is 25.1 Å². The van der Waals surface area contributed by atoms with Gasteiger partial charge >= 0.3 is 6.03 Å². The van der Waals surface area contributed by atoms with Crippen molar-refractivity contribution in [3.8, 4) is 0 Å². The zero-order valence-corrected chi connectivity index (χ0v) is 19.1. The molecule has 0 bridgehead atoms. The van der Waals surface area contributed by atoms with E-state index in [9.17, 15) is 18.8 Å². The van der Waals surface area contributed by atoms with E-state index in [0.717, 1.165) is 22.9 Å². The van der Waals surface area contributed by atoms with Crippen molar-refractivity contribution in [3.63, 3.8) is 0 Å². The number of amides is 3. The number of rotatable bonds is 6. The second kappa shape index (κ2) is 9.42. The van der Waals surface area contributed by atoms with E-state index in [1.54, 1.807) is 26.1 Å². The largest absolute Gasteiger partial charge is 0.334 e. The summed E-state index contributed by atoms with van der Waals surface area (Å²) in [7, 11) is 1.60. The van der Waals surface area contributed by atoms with E-state index < -0.39 is 6.03 Å². The second-order valence-electron chi connectivity index (χ2n) is 7.08. The minimum atomic E-state index is -0.509. The van der Waals surface area contributed by atoms with Crippen molar-refractivity contribution in [2.75, 3.05) is 12.4 Å². The minimum Gasteiger partial charge on any atom is -0.334 e. The van der Waals surface area contributed by atoms with Crippen molar-refractivity contribution in [1.82, 2.24) is 29.5 Å². The smallest absolute Gasteiger partial charge is 0.321 e. The second-order valence-corrected chi connectivity index (χ2v) is 8.83. The number of aromatic amines is 1. The molecule has 0 spiro atoms. The molecule has 0 saturated carbocycles. The third kappa shape index (κ3) is 5.04. The summed E-state index contributed by atoms with van der Waals surface area (Å²) in [6, 6.07) is 5.41. The van der Waals surface area contributed by atoms with Crippen molar-refractivity contribution >= 4 is 50.2 Å². The van der Waals surface area contributed by atoms with Crippen LogP contribution in [0.5, 0.6) is 0 Å².